The lowest BCUT2D eigenvalue weighted by atomic mass is 10.0. The van der Waals surface area contributed by atoms with Crippen molar-refractivity contribution < 1.29 is 28.6 Å². The Balaban J connectivity index is 1.88. The molecule has 0 radical (unpaired) electrons. The van der Waals surface area contributed by atoms with Crippen molar-refractivity contribution in [1.82, 2.24) is 10.2 Å². The molecule has 2 amide bonds. The lowest BCUT2D eigenvalue weighted by Gasteiger charge is -2.27. The Bertz CT molecular complexity index is 775. The van der Waals surface area contributed by atoms with Gasteiger partial charge >= 0.3 is 12.1 Å². The van der Waals surface area contributed by atoms with Crippen LogP contribution in [0.5, 0.6) is 0 Å². The van der Waals surface area contributed by atoms with Gasteiger partial charge in [-0.3, -0.25) is 9.69 Å². The highest BCUT2D eigenvalue weighted by Crippen LogP contribution is 2.20. The van der Waals surface area contributed by atoms with E-state index in [-0.39, 0.29) is 31.8 Å². The fourth-order valence-electron chi connectivity index (χ4n) is 3.75. The Kier molecular flexibility index (Phi) is 10.2. The molecule has 0 bridgehead atoms. The van der Waals surface area contributed by atoms with Crippen molar-refractivity contribution in [2.24, 2.45) is 5.92 Å². The van der Waals surface area contributed by atoms with E-state index in [1.807, 2.05) is 30.3 Å². The molecule has 1 heterocycles. The van der Waals surface area contributed by atoms with Gasteiger partial charge in [-0.15, -0.1) is 0 Å². The molecule has 0 aliphatic carbocycles. The third-order valence-electron chi connectivity index (χ3n) is 5.06. The second-order valence-electron chi connectivity index (χ2n) is 9.83. The summed E-state index contributed by atoms with van der Waals surface area (Å²) in [4.78, 5) is 39.0. The van der Waals surface area contributed by atoms with Crippen LogP contribution in [0.4, 0.5) is 4.79 Å². The number of hydrogen-bond acceptors (Lipinski definition) is 6. The summed E-state index contributed by atoms with van der Waals surface area (Å²) in [6.45, 7) is 10.2. The number of nitrogens with one attached hydrogen (secondary N) is 1. The number of carbonyl (C=O) groups is 3. The minimum atomic E-state index is -0.576. The maximum Gasteiger partial charge on any atom is 0.410 e. The number of nitrogens with zero attached hydrogens (tertiary/aromatic N) is 1. The largest absolute Gasteiger partial charge is 0.458 e. The Morgan fingerprint density at radius 1 is 1.15 bits per heavy atom. The molecule has 0 spiro atoms. The van der Waals surface area contributed by atoms with Crippen LogP contribution in [0.15, 0.2) is 30.3 Å². The van der Waals surface area contributed by atoms with Crippen LogP contribution in [0, 0.1) is 5.92 Å². The van der Waals surface area contributed by atoms with E-state index in [0.717, 1.165) is 12.0 Å². The van der Waals surface area contributed by atoms with E-state index >= 15 is 0 Å². The van der Waals surface area contributed by atoms with Crippen LogP contribution in [0.3, 0.4) is 0 Å². The third-order valence-corrected chi connectivity index (χ3v) is 5.06. The van der Waals surface area contributed by atoms with Crippen LogP contribution in [-0.4, -0.2) is 60.3 Å². The summed E-state index contributed by atoms with van der Waals surface area (Å²) in [5.41, 5.74) is 0.317. The van der Waals surface area contributed by atoms with Gasteiger partial charge in [-0.1, -0.05) is 44.2 Å². The highest BCUT2D eigenvalue weighted by Gasteiger charge is 2.36. The number of hydrogen-bond donors (Lipinski definition) is 1. The summed E-state index contributed by atoms with van der Waals surface area (Å²) in [6, 6.07) is 8.59. The minimum absolute atomic E-state index is 0.166. The molecule has 0 unspecified atom stereocenters. The molecule has 8 nitrogen and oxygen atoms in total. The molecule has 1 saturated heterocycles. The summed E-state index contributed by atoms with van der Waals surface area (Å²) in [5, 5.41) is 3.01. The van der Waals surface area contributed by atoms with E-state index in [1.165, 1.54) is 4.90 Å². The lowest BCUT2D eigenvalue weighted by molar-refractivity contribution is -0.160. The number of amides is 2. The van der Waals surface area contributed by atoms with E-state index in [1.54, 1.807) is 20.8 Å². The predicted molar refractivity (Wildman–Crippen MR) is 124 cm³/mol. The van der Waals surface area contributed by atoms with Gasteiger partial charge in [-0.25, -0.2) is 9.59 Å². The minimum Gasteiger partial charge on any atom is -0.458 e. The van der Waals surface area contributed by atoms with Gasteiger partial charge < -0.3 is 19.5 Å². The third kappa shape index (κ3) is 9.82. The van der Waals surface area contributed by atoms with Crippen LogP contribution in [0.2, 0.25) is 0 Å². The average molecular weight is 463 g/mol. The molecule has 0 aromatic heterocycles. The van der Waals surface area contributed by atoms with E-state index < -0.39 is 23.7 Å². The highest BCUT2D eigenvalue weighted by atomic mass is 16.6. The molecule has 1 aromatic rings. The molecule has 1 N–H and O–H groups in total. The summed E-state index contributed by atoms with van der Waals surface area (Å²) in [6.07, 6.45) is 1.52. The van der Waals surface area contributed by atoms with Crippen molar-refractivity contribution in [3.63, 3.8) is 0 Å². The first-order valence-corrected chi connectivity index (χ1v) is 11.6. The molecule has 0 saturated carbocycles. The van der Waals surface area contributed by atoms with Gasteiger partial charge in [-0.05, 0) is 51.5 Å². The normalized spacial score (nSPS) is 17.0. The quantitative estimate of drug-likeness (QED) is 0.533. The van der Waals surface area contributed by atoms with Crippen LogP contribution >= 0.6 is 0 Å². The molecule has 2 atom stereocenters. The van der Waals surface area contributed by atoms with E-state index in [2.05, 4.69) is 19.2 Å². The molecular formula is C25H38N2O6. The monoisotopic (exact) mass is 462 g/mol. The fourth-order valence-corrected chi connectivity index (χ4v) is 3.75. The number of ether oxygens (including phenoxy) is 3. The Labute approximate surface area is 196 Å². The first kappa shape index (κ1) is 26.6. The molecule has 1 fully saturated rings. The number of rotatable bonds is 10. The first-order chi connectivity index (χ1) is 15.5. The predicted octanol–water partition coefficient (Wildman–Crippen LogP) is 3.68. The van der Waals surface area contributed by atoms with E-state index in [9.17, 15) is 14.4 Å². The van der Waals surface area contributed by atoms with Crippen molar-refractivity contribution >= 4 is 18.0 Å². The Hall–Kier alpha value is -2.61. The van der Waals surface area contributed by atoms with Crippen LogP contribution in [0.25, 0.3) is 0 Å². The molecule has 1 aliphatic heterocycles. The zero-order valence-electron chi connectivity index (χ0n) is 20.5. The lowest BCUT2D eigenvalue weighted by Crippen LogP contribution is -2.50. The Morgan fingerprint density at radius 2 is 1.85 bits per heavy atom. The molecule has 1 aromatic carbocycles. The topological polar surface area (TPSA) is 94.2 Å². The van der Waals surface area contributed by atoms with Crippen molar-refractivity contribution in [1.29, 1.82) is 0 Å². The zero-order valence-corrected chi connectivity index (χ0v) is 20.5. The van der Waals surface area contributed by atoms with Crippen molar-refractivity contribution in [3.05, 3.63) is 35.9 Å². The second kappa shape index (κ2) is 12.6. The van der Waals surface area contributed by atoms with Gasteiger partial charge in [0.1, 0.15) is 24.9 Å². The van der Waals surface area contributed by atoms with E-state index in [4.69, 9.17) is 14.2 Å². The summed E-state index contributed by atoms with van der Waals surface area (Å²) >= 11 is 0. The molecule has 184 valence electrons. The SMILES string of the molecule is CC(C)C[C@@H](COCC(=O)OC(C)(C)C)NC(=O)[C@H]1CCCN1C(=O)OCc1ccccc1. The Morgan fingerprint density at radius 3 is 2.48 bits per heavy atom. The van der Waals surface area contributed by atoms with Gasteiger partial charge in [0, 0.05) is 6.54 Å². The standard InChI is InChI=1S/C25H38N2O6/c1-18(2)14-20(16-31-17-22(28)33-25(3,4)5)26-23(29)21-12-9-13-27(21)24(30)32-15-19-10-7-6-8-11-19/h6-8,10-11,18,20-21H,9,12-17H2,1-5H3,(H,26,29)/t20-,21+/m0/s1. The van der Waals surface area contributed by atoms with Crippen LogP contribution in [0.1, 0.15) is 59.4 Å². The van der Waals surface area contributed by atoms with Crippen molar-refractivity contribution in [2.75, 3.05) is 19.8 Å². The molecular weight excluding hydrogens is 424 g/mol. The summed E-state index contributed by atoms with van der Waals surface area (Å²) in [5.74, 6) is -0.355. The summed E-state index contributed by atoms with van der Waals surface area (Å²) in [7, 11) is 0. The van der Waals surface area contributed by atoms with Crippen LogP contribution < -0.4 is 5.32 Å². The molecule has 1 aliphatic rings. The van der Waals surface area contributed by atoms with Gasteiger partial charge in [0.15, 0.2) is 0 Å². The zero-order chi connectivity index (χ0) is 24.4. The van der Waals surface area contributed by atoms with Gasteiger partial charge in [0.25, 0.3) is 0 Å². The van der Waals surface area contributed by atoms with Gasteiger partial charge in [-0.2, -0.15) is 0 Å². The average Bonchev–Trinajstić information content (AvgIpc) is 3.21. The smallest absolute Gasteiger partial charge is 0.410 e. The number of likely N-dealkylation sites (tertiary alicyclic amines) is 1. The highest BCUT2D eigenvalue weighted by molar-refractivity contribution is 5.86. The van der Waals surface area contributed by atoms with Gasteiger partial charge in [0.05, 0.1) is 12.6 Å². The molecule has 33 heavy (non-hydrogen) atoms. The summed E-state index contributed by atoms with van der Waals surface area (Å²) < 4.78 is 16.2. The fraction of sp³-hybridized carbons (Fsp3) is 0.640. The van der Waals surface area contributed by atoms with Crippen LogP contribution in [-0.2, 0) is 30.4 Å². The van der Waals surface area contributed by atoms with E-state index in [0.29, 0.717) is 25.3 Å². The maximum atomic E-state index is 13.0. The second-order valence-corrected chi connectivity index (χ2v) is 9.83. The number of carbonyl (C=O) groups excluding carboxylic acids is 3. The number of benzene rings is 1. The van der Waals surface area contributed by atoms with Crippen molar-refractivity contribution in [2.45, 2.75) is 78.2 Å². The maximum absolute atomic E-state index is 13.0. The first-order valence-electron chi connectivity index (χ1n) is 11.6. The van der Waals surface area contributed by atoms with Crippen molar-refractivity contribution in [3.8, 4) is 0 Å². The molecule has 2 rings (SSSR count). The number of esters is 1. The van der Waals surface area contributed by atoms with Gasteiger partial charge in [0.2, 0.25) is 5.91 Å². The molecule has 8 heteroatoms.